The molecule has 3 nitrogen and oxygen atoms in total. The summed E-state index contributed by atoms with van der Waals surface area (Å²) in [5.41, 5.74) is 0. The van der Waals surface area contributed by atoms with Crippen molar-refractivity contribution in [3.05, 3.63) is 0 Å². The molecule has 14 heavy (non-hydrogen) atoms. The van der Waals surface area contributed by atoms with Crippen molar-refractivity contribution < 1.29 is 9.90 Å². The Morgan fingerprint density at radius 1 is 1.57 bits per heavy atom. The fraction of sp³-hybridized carbons (Fsp3) is 0.900. The third kappa shape index (κ3) is 8.38. The first-order valence-corrected chi connectivity index (χ1v) is 6.34. The second-order valence-corrected chi connectivity index (χ2v) is 4.49. The lowest BCUT2D eigenvalue weighted by Gasteiger charge is -2.12. The van der Waals surface area contributed by atoms with Gasteiger partial charge in [0.05, 0.1) is 5.75 Å². The third-order valence-corrected chi connectivity index (χ3v) is 2.85. The van der Waals surface area contributed by atoms with Crippen molar-refractivity contribution in [2.75, 3.05) is 18.1 Å². The monoisotopic (exact) mass is 219 g/mol. The van der Waals surface area contributed by atoms with E-state index in [0.717, 1.165) is 25.0 Å². The molecule has 1 unspecified atom stereocenters. The van der Waals surface area contributed by atoms with Gasteiger partial charge in [-0.15, -0.1) is 0 Å². The van der Waals surface area contributed by atoms with Crippen LogP contribution in [0, 0.1) is 0 Å². The Hall–Kier alpha value is -0.220. The van der Waals surface area contributed by atoms with E-state index in [0.29, 0.717) is 5.75 Å². The lowest BCUT2D eigenvalue weighted by Crippen LogP contribution is -2.33. The van der Waals surface area contributed by atoms with E-state index < -0.39 is 0 Å². The minimum atomic E-state index is 0.105. The van der Waals surface area contributed by atoms with Crippen LogP contribution in [-0.4, -0.2) is 35.2 Å². The van der Waals surface area contributed by atoms with Gasteiger partial charge < -0.3 is 10.4 Å². The number of thioether (sulfide) groups is 1. The summed E-state index contributed by atoms with van der Waals surface area (Å²) in [6.07, 6.45) is 2.90. The SMILES string of the molecule is CCCC(C)NC(=O)CSCCCO. The molecule has 0 spiro atoms. The summed E-state index contributed by atoms with van der Waals surface area (Å²) >= 11 is 1.57. The predicted molar refractivity (Wildman–Crippen MR) is 61.5 cm³/mol. The van der Waals surface area contributed by atoms with Crippen molar-refractivity contribution in [2.45, 2.75) is 39.2 Å². The fourth-order valence-electron chi connectivity index (χ4n) is 1.15. The average molecular weight is 219 g/mol. The molecule has 0 aliphatic carbocycles. The topological polar surface area (TPSA) is 49.3 Å². The Labute approximate surface area is 90.7 Å². The minimum Gasteiger partial charge on any atom is -0.396 e. The molecule has 0 saturated carbocycles. The van der Waals surface area contributed by atoms with Crippen LogP contribution in [0.2, 0.25) is 0 Å². The second kappa shape index (κ2) is 9.34. The largest absolute Gasteiger partial charge is 0.396 e. The van der Waals surface area contributed by atoms with Crippen LogP contribution < -0.4 is 5.32 Å². The molecule has 0 aromatic carbocycles. The van der Waals surface area contributed by atoms with Crippen molar-refractivity contribution >= 4 is 17.7 Å². The first-order valence-electron chi connectivity index (χ1n) is 5.18. The van der Waals surface area contributed by atoms with Gasteiger partial charge in [0.2, 0.25) is 5.91 Å². The lowest BCUT2D eigenvalue weighted by molar-refractivity contribution is -0.119. The molecule has 0 aliphatic rings. The summed E-state index contributed by atoms with van der Waals surface area (Å²) in [7, 11) is 0. The summed E-state index contributed by atoms with van der Waals surface area (Å²) in [4.78, 5) is 11.3. The molecule has 0 aliphatic heterocycles. The van der Waals surface area contributed by atoms with Gasteiger partial charge in [0.1, 0.15) is 0 Å². The molecule has 0 aromatic rings. The zero-order valence-electron chi connectivity index (χ0n) is 9.08. The third-order valence-electron chi connectivity index (χ3n) is 1.81. The van der Waals surface area contributed by atoms with Crippen LogP contribution >= 0.6 is 11.8 Å². The highest BCUT2D eigenvalue weighted by Crippen LogP contribution is 2.02. The quantitative estimate of drug-likeness (QED) is 0.607. The number of hydrogen-bond acceptors (Lipinski definition) is 3. The second-order valence-electron chi connectivity index (χ2n) is 3.39. The molecule has 1 atom stereocenters. The van der Waals surface area contributed by atoms with E-state index in [4.69, 9.17) is 5.11 Å². The molecule has 0 aromatic heterocycles. The van der Waals surface area contributed by atoms with E-state index in [1.54, 1.807) is 11.8 Å². The molecule has 0 saturated heterocycles. The fourth-order valence-corrected chi connectivity index (χ4v) is 1.90. The zero-order chi connectivity index (χ0) is 10.8. The Morgan fingerprint density at radius 2 is 2.29 bits per heavy atom. The number of rotatable bonds is 8. The molecule has 84 valence electrons. The van der Waals surface area contributed by atoms with Crippen molar-refractivity contribution in [2.24, 2.45) is 0 Å². The minimum absolute atomic E-state index is 0.105. The molecule has 2 N–H and O–H groups in total. The number of amides is 1. The number of nitrogens with one attached hydrogen (secondary N) is 1. The van der Waals surface area contributed by atoms with Gasteiger partial charge in [-0.05, 0) is 25.5 Å². The summed E-state index contributed by atoms with van der Waals surface area (Å²) < 4.78 is 0. The van der Waals surface area contributed by atoms with E-state index in [1.165, 1.54) is 0 Å². The number of aliphatic hydroxyl groups is 1. The van der Waals surface area contributed by atoms with Crippen molar-refractivity contribution in [3.8, 4) is 0 Å². The maximum absolute atomic E-state index is 11.3. The number of carbonyl (C=O) groups excluding carboxylic acids is 1. The lowest BCUT2D eigenvalue weighted by atomic mass is 10.2. The molecule has 0 rings (SSSR count). The summed E-state index contributed by atoms with van der Waals surface area (Å²) in [5, 5.41) is 11.5. The van der Waals surface area contributed by atoms with Crippen LogP contribution in [0.25, 0.3) is 0 Å². The van der Waals surface area contributed by atoms with Crippen molar-refractivity contribution in [3.63, 3.8) is 0 Å². The van der Waals surface area contributed by atoms with Gasteiger partial charge >= 0.3 is 0 Å². The maximum Gasteiger partial charge on any atom is 0.230 e. The van der Waals surface area contributed by atoms with Crippen LogP contribution in [0.4, 0.5) is 0 Å². The molecular formula is C10H21NO2S. The molecule has 0 heterocycles. The molecular weight excluding hydrogens is 198 g/mol. The number of aliphatic hydroxyl groups excluding tert-OH is 1. The standard InChI is InChI=1S/C10H21NO2S/c1-3-5-9(2)11-10(13)8-14-7-4-6-12/h9,12H,3-8H2,1-2H3,(H,11,13). The first-order chi connectivity index (χ1) is 6.70. The van der Waals surface area contributed by atoms with Gasteiger partial charge in [-0.1, -0.05) is 13.3 Å². The van der Waals surface area contributed by atoms with Gasteiger partial charge in [-0.25, -0.2) is 0 Å². The van der Waals surface area contributed by atoms with Crippen LogP contribution in [0.5, 0.6) is 0 Å². The average Bonchev–Trinajstić information content (AvgIpc) is 2.13. The van der Waals surface area contributed by atoms with Crippen LogP contribution in [0.3, 0.4) is 0 Å². The van der Waals surface area contributed by atoms with Crippen LogP contribution in [-0.2, 0) is 4.79 Å². The van der Waals surface area contributed by atoms with Crippen molar-refractivity contribution in [1.29, 1.82) is 0 Å². The highest BCUT2D eigenvalue weighted by atomic mass is 32.2. The Bertz CT molecular complexity index is 153. The highest BCUT2D eigenvalue weighted by molar-refractivity contribution is 7.99. The summed E-state index contributed by atoms with van der Waals surface area (Å²) in [5.74, 6) is 1.47. The zero-order valence-corrected chi connectivity index (χ0v) is 9.90. The molecule has 0 radical (unpaired) electrons. The smallest absolute Gasteiger partial charge is 0.230 e. The van der Waals surface area contributed by atoms with E-state index >= 15 is 0 Å². The normalized spacial score (nSPS) is 12.5. The first kappa shape index (κ1) is 13.8. The van der Waals surface area contributed by atoms with Gasteiger partial charge in [0.15, 0.2) is 0 Å². The van der Waals surface area contributed by atoms with Crippen LogP contribution in [0.15, 0.2) is 0 Å². The summed E-state index contributed by atoms with van der Waals surface area (Å²) in [6.45, 7) is 4.35. The highest BCUT2D eigenvalue weighted by Gasteiger charge is 2.05. The van der Waals surface area contributed by atoms with E-state index in [2.05, 4.69) is 12.2 Å². The number of carbonyl (C=O) groups is 1. The van der Waals surface area contributed by atoms with E-state index in [1.807, 2.05) is 6.92 Å². The summed E-state index contributed by atoms with van der Waals surface area (Å²) in [6, 6.07) is 0.283. The number of hydrogen-bond donors (Lipinski definition) is 2. The van der Waals surface area contributed by atoms with Gasteiger partial charge in [-0.2, -0.15) is 11.8 Å². The van der Waals surface area contributed by atoms with E-state index in [9.17, 15) is 4.79 Å². The van der Waals surface area contributed by atoms with Gasteiger partial charge in [-0.3, -0.25) is 4.79 Å². The molecule has 1 amide bonds. The molecule has 4 heteroatoms. The van der Waals surface area contributed by atoms with Gasteiger partial charge in [0.25, 0.3) is 0 Å². The Balaban J connectivity index is 3.35. The van der Waals surface area contributed by atoms with Gasteiger partial charge in [0, 0.05) is 12.6 Å². The van der Waals surface area contributed by atoms with Crippen molar-refractivity contribution in [1.82, 2.24) is 5.32 Å². The molecule has 0 fully saturated rings. The Morgan fingerprint density at radius 3 is 2.86 bits per heavy atom. The Kier molecular flexibility index (Phi) is 9.19. The van der Waals surface area contributed by atoms with E-state index in [-0.39, 0.29) is 18.6 Å². The molecule has 0 bridgehead atoms. The predicted octanol–water partition coefficient (Wildman–Crippen LogP) is 1.41. The van der Waals surface area contributed by atoms with Crippen LogP contribution in [0.1, 0.15) is 33.1 Å². The maximum atomic E-state index is 11.3.